The van der Waals surface area contributed by atoms with Gasteiger partial charge in [0, 0.05) is 48.7 Å². The van der Waals surface area contributed by atoms with Crippen molar-refractivity contribution >= 4 is 22.4 Å². The van der Waals surface area contributed by atoms with Gasteiger partial charge in [0.05, 0.1) is 24.4 Å². The first-order chi connectivity index (χ1) is 17.3. The van der Waals surface area contributed by atoms with Crippen LogP contribution in [0.5, 0.6) is 0 Å². The topological polar surface area (TPSA) is 97.6 Å². The van der Waals surface area contributed by atoms with Crippen molar-refractivity contribution in [3.63, 3.8) is 0 Å². The number of amides is 1. The van der Waals surface area contributed by atoms with E-state index >= 15 is 0 Å². The summed E-state index contributed by atoms with van der Waals surface area (Å²) in [5.41, 5.74) is 3.38. The van der Waals surface area contributed by atoms with Crippen LogP contribution in [0.2, 0.25) is 0 Å². The Balaban J connectivity index is 1.24. The number of rotatable bonds is 11. The fraction of sp³-hybridized carbons (Fsp3) is 0.481. The van der Waals surface area contributed by atoms with Gasteiger partial charge in [0.15, 0.2) is 5.13 Å². The highest BCUT2D eigenvalue weighted by Gasteiger charge is 2.17. The maximum atomic E-state index is 12.4. The van der Waals surface area contributed by atoms with Gasteiger partial charge in [-0.25, -0.2) is 4.98 Å². The highest BCUT2D eigenvalue weighted by molar-refractivity contribution is 7.14. The lowest BCUT2D eigenvalue weighted by molar-refractivity contribution is 0.0927. The number of aliphatic hydroxyl groups excluding tert-OH is 1. The average molecular weight is 513 g/mol. The van der Waals surface area contributed by atoms with Crippen LogP contribution in [0.4, 0.5) is 5.13 Å². The molecule has 3 aromatic rings. The zero-order chi connectivity index (χ0) is 25.5. The van der Waals surface area contributed by atoms with Crippen molar-refractivity contribution in [1.82, 2.24) is 14.9 Å². The standard InChI is InChI=1S/C27H36N4O4S/c1-27(2,3)31-10-7-22(15-31)25(33)28-14-24(32)30-26-29-23(18-36-26)21-6-4-5-20(13-21)17-35-12-9-19-8-11-34-16-19/h4-7,10,13,15,18-19,24,32H,8-9,11-12,14,16-17H2,1-3H3,(H,28,33)(H,29,30). The number of aromatic nitrogens is 2. The zero-order valence-corrected chi connectivity index (χ0v) is 22.0. The number of nitrogens with one attached hydrogen (secondary N) is 2. The van der Waals surface area contributed by atoms with E-state index < -0.39 is 6.23 Å². The Hall–Kier alpha value is -2.72. The van der Waals surface area contributed by atoms with Crippen LogP contribution in [0, 0.1) is 5.92 Å². The van der Waals surface area contributed by atoms with E-state index in [4.69, 9.17) is 9.47 Å². The minimum Gasteiger partial charge on any atom is -0.381 e. The first-order valence-electron chi connectivity index (χ1n) is 12.4. The first-order valence-corrected chi connectivity index (χ1v) is 13.3. The van der Waals surface area contributed by atoms with Gasteiger partial charge in [-0.1, -0.05) is 18.2 Å². The molecule has 9 heteroatoms. The summed E-state index contributed by atoms with van der Waals surface area (Å²) < 4.78 is 13.3. The van der Waals surface area contributed by atoms with Gasteiger partial charge < -0.3 is 29.8 Å². The molecule has 36 heavy (non-hydrogen) atoms. The molecule has 1 aromatic carbocycles. The smallest absolute Gasteiger partial charge is 0.252 e. The maximum Gasteiger partial charge on any atom is 0.252 e. The fourth-order valence-corrected chi connectivity index (χ4v) is 4.74. The van der Waals surface area contributed by atoms with E-state index in [0.717, 1.165) is 49.5 Å². The summed E-state index contributed by atoms with van der Waals surface area (Å²) in [7, 11) is 0. The molecule has 3 N–H and O–H groups in total. The largest absolute Gasteiger partial charge is 0.381 e. The molecule has 1 aliphatic heterocycles. The number of carbonyl (C=O) groups excluding carboxylic acids is 1. The van der Waals surface area contributed by atoms with Crippen molar-refractivity contribution in [3.05, 3.63) is 59.2 Å². The van der Waals surface area contributed by atoms with Crippen molar-refractivity contribution in [2.45, 2.75) is 52.0 Å². The fourth-order valence-electron chi connectivity index (χ4n) is 3.98. The quantitative estimate of drug-likeness (QED) is 0.259. The number of hydrogen-bond acceptors (Lipinski definition) is 7. The summed E-state index contributed by atoms with van der Waals surface area (Å²) in [5.74, 6) is 0.394. The summed E-state index contributed by atoms with van der Waals surface area (Å²) in [4.78, 5) is 17.0. The average Bonchev–Trinajstić information content (AvgIpc) is 3.62. The third-order valence-corrected chi connectivity index (χ3v) is 6.94. The Kier molecular flexibility index (Phi) is 8.79. The lowest BCUT2D eigenvalue weighted by Gasteiger charge is -2.20. The lowest BCUT2D eigenvalue weighted by Crippen LogP contribution is -2.36. The first kappa shape index (κ1) is 26.3. The van der Waals surface area contributed by atoms with E-state index in [1.807, 2.05) is 34.5 Å². The van der Waals surface area contributed by atoms with Crippen LogP contribution < -0.4 is 10.6 Å². The Labute approximate surface area is 216 Å². The molecule has 0 saturated carbocycles. The van der Waals surface area contributed by atoms with E-state index in [9.17, 15) is 9.90 Å². The van der Waals surface area contributed by atoms with Gasteiger partial charge in [0.1, 0.15) is 6.23 Å². The minimum absolute atomic E-state index is 0.0637. The molecule has 1 amide bonds. The normalized spacial score (nSPS) is 16.7. The Morgan fingerprint density at radius 3 is 2.97 bits per heavy atom. The molecule has 194 valence electrons. The minimum atomic E-state index is -0.956. The van der Waals surface area contributed by atoms with Crippen LogP contribution in [-0.4, -0.2) is 53.2 Å². The van der Waals surface area contributed by atoms with Crippen molar-refractivity contribution in [2.75, 3.05) is 31.7 Å². The van der Waals surface area contributed by atoms with Crippen molar-refractivity contribution in [2.24, 2.45) is 5.92 Å². The van der Waals surface area contributed by atoms with Crippen molar-refractivity contribution < 1.29 is 19.4 Å². The number of aliphatic hydroxyl groups is 1. The monoisotopic (exact) mass is 512 g/mol. The molecule has 2 atom stereocenters. The summed E-state index contributed by atoms with van der Waals surface area (Å²) in [5, 5.41) is 18.6. The van der Waals surface area contributed by atoms with Gasteiger partial charge in [-0.3, -0.25) is 4.79 Å². The molecule has 1 saturated heterocycles. The molecular formula is C27H36N4O4S. The summed E-state index contributed by atoms with van der Waals surface area (Å²) in [6.45, 7) is 9.30. The molecule has 3 heterocycles. The van der Waals surface area contributed by atoms with Crippen LogP contribution in [0.3, 0.4) is 0 Å². The Bertz CT molecular complexity index is 1130. The second-order valence-corrected chi connectivity index (χ2v) is 11.0. The molecule has 0 bridgehead atoms. The molecule has 0 aliphatic carbocycles. The lowest BCUT2D eigenvalue weighted by atomic mass is 10.1. The van der Waals surface area contributed by atoms with Gasteiger partial charge >= 0.3 is 0 Å². The van der Waals surface area contributed by atoms with E-state index in [1.54, 1.807) is 6.07 Å². The number of ether oxygens (including phenoxy) is 2. The van der Waals surface area contributed by atoms with E-state index in [-0.39, 0.29) is 18.0 Å². The Morgan fingerprint density at radius 1 is 1.36 bits per heavy atom. The predicted molar refractivity (Wildman–Crippen MR) is 142 cm³/mol. The summed E-state index contributed by atoms with van der Waals surface area (Å²) >= 11 is 1.41. The molecule has 1 fully saturated rings. The van der Waals surface area contributed by atoms with Gasteiger partial charge in [0.25, 0.3) is 5.91 Å². The number of anilines is 1. The van der Waals surface area contributed by atoms with Gasteiger partial charge in [0.2, 0.25) is 0 Å². The molecule has 4 rings (SSSR count). The molecule has 2 unspecified atom stereocenters. The second-order valence-electron chi connectivity index (χ2n) is 10.2. The van der Waals surface area contributed by atoms with Crippen LogP contribution in [0.25, 0.3) is 11.3 Å². The molecule has 2 aromatic heterocycles. The number of hydrogen-bond donors (Lipinski definition) is 3. The van der Waals surface area contributed by atoms with Gasteiger partial charge in [-0.15, -0.1) is 11.3 Å². The summed E-state index contributed by atoms with van der Waals surface area (Å²) in [6, 6.07) is 9.92. The molecule has 8 nitrogen and oxygen atoms in total. The van der Waals surface area contributed by atoms with E-state index in [0.29, 0.717) is 23.2 Å². The number of thiazole rings is 1. The molecule has 0 spiro atoms. The Morgan fingerprint density at radius 2 is 2.22 bits per heavy atom. The third-order valence-electron chi connectivity index (χ3n) is 6.17. The molecule has 0 radical (unpaired) electrons. The number of benzene rings is 1. The highest BCUT2D eigenvalue weighted by atomic mass is 32.1. The number of carbonyl (C=O) groups is 1. The predicted octanol–water partition coefficient (Wildman–Crippen LogP) is 4.47. The van der Waals surface area contributed by atoms with Crippen LogP contribution >= 0.6 is 11.3 Å². The van der Waals surface area contributed by atoms with Gasteiger partial charge in [-0.05, 0) is 57.2 Å². The van der Waals surface area contributed by atoms with Crippen molar-refractivity contribution in [3.8, 4) is 11.3 Å². The summed E-state index contributed by atoms with van der Waals surface area (Å²) in [6.07, 6.45) is 4.90. The highest BCUT2D eigenvalue weighted by Crippen LogP contribution is 2.26. The second kappa shape index (κ2) is 12.0. The van der Waals surface area contributed by atoms with Gasteiger partial charge in [-0.2, -0.15) is 0 Å². The van der Waals surface area contributed by atoms with Crippen LogP contribution in [0.1, 0.15) is 49.5 Å². The van der Waals surface area contributed by atoms with Crippen LogP contribution in [0.15, 0.2) is 48.1 Å². The maximum absolute atomic E-state index is 12.4. The van der Waals surface area contributed by atoms with E-state index in [1.165, 1.54) is 11.3 Å². The SMILES string of the molecule is CC(C)(C)n1ccc(C(=O)NCC(O)Nc2nc(-c3cccc(COCCC4CCOC4)c3)cs2)c1. The molecule has 1 aliphatic rings. The van der Waals surface area contributed by atoms with Crippen LogP contribution in [-0.2, 0) is 21.6 Å². The zero-order valence-electron chi connectivity index (χ0n) is 21.2. The van der Waals surface area contributed by atoms with Crippen molar-refractivity contribution in [1.29, 1.82) is 0 Å². The molecular weight excluding hydrogens is 476 g/mol. The third kappa shape index (κ3) is 7.39. The number of nitrogens with zero attached hydrogens (tertiary/aromatic N) is 2. The van der Waals surface area contributed by atoms with E-state index in [2.05, 4.69) is 48.5 Å².